The van der Waals surface area contributed by atoms with Gasteiger partial charge in [0, 0.05) is 17.4 Å². The van der Waals surface area contributed by atoms with Gasteiger partial charge >= 0.3 is 0 Å². The van der Waals surface area contributed by atoms with E-state index in [2.05, 4.69) is 36.9 Å². The maximum Gasteiger partial charge on any atom is 0.258 e. The third kappa shape index (κ3) is 3.47. The monoisotopic (exact) mass is 363 g/mol. The second-order valence-electron chi connectivity index (χ2n) is 7.58. The van der Waals surface area contributed by atoms with Crippen LogP contribution < -0.4 is 15.4 Å². The molecule has 1 aliphatic heterocycles. The molecule has 0 radical (unpaired) electrons. The number of pyridine rings is 1. The molecule has 27 heavy (non-hydrogen) atoms. The SMILES string of the molecule is Cc1cccc(N2CC[NH+](Cc3cc(=O)n4c(C)cccc4n3)CC2)c1C. The van der Waals surface area contributed by atoms with Gasteiger partial charge in [0.15, 0.2) is 0 Å². The Bertz CT molecular complexity index is 1030. The second-order valence-corrected chi connectivity index (χ2v) is 7.58. The molecule has 140 valence electrons. The summed E-state index contributed by atoms with van der Waals surface area (Å²) in [6, 6.07) is 14.0. The molecule has 0 bridgehead atoms. The van der Waals surface area contributed by atoms with Gasteiger partial charge in [0.25, 0.3) is 5.56 Å². The van der Waals surface area contributed by atoms with Gasteiger partial charge in [-0.2, -0.15) is 0 Å². The lowest BCUT2D eigenvalue weighted by molar-refractivity contribution is -0.914. The normalized spacial score (nSPS) is 15.4. The fourth-order valence-corrected chi connectivity index (χ4v) is 4.03. The first-order valence-electron chi connectivity index (χ1n) is 9.66. The zero-order valence-electron chi connectivity index (χ0n) is 16.3. The van der Waals surface area contributed by atoms with Crippen molar-refractivity contribution < 1.29 is 4.90 Å². The average Bonchev–Trinajstić information content (AvgIpc) is 2.65. The van der Waals surface area contributed by atoms with Crippen LogP contribution in [0.2, 0.25) is 0 Å². The van der Waals surface area contributed by atoms with Crippen LogP contribution in [0.4, 0.5) is 5.69 Å². The molecular weight excluding hydrogens is 336 g/mol. The van der Waals surface area contributed by atoms with Gasteiger partial charge in [0.05, 0.1) is 26.2 Å². The van der Waals surface area contributed by atoms with E-state index >= 15 is 0 Å². The highest BCUT2D eigenvalue weighted by atomic mass is 16.1. The van der Waals surface area contributed by atoms with Gasteiger partial charge in [-0.15, -0.1) is 0 Å². The average molecular weight is 363 g/mol. The van der Waals surface area contributed by atoms with Crippen LogP contribution in [-0.4, -0.2) is 35.6 Å². The molecule has 5 heteroatoms. The number of hydrogen-bond donors (Lipinski definition) is 1. The van der Waals surface area contributed by atoms with Gasteiger partial charge in [-0.3, -0.25) is 9.20 Å². The van der Waals surface area contributed by atoms with Crippen LogP contribution in [-0.2, 0) is 6.54 Å². The Morgan fingerprint density at radius 3 is 2.56 bits per heavy atom. The smallest absolute Gasteiger partial charge is 0.258 e. The first-order chi connectivity index (χ1) is 13.0. The third-order valence-electron chi connectivity index (χ3n) is 5.75. The van der Waals surface area contributed by atoms with Crippen LogP contribution >= 0.6 is 0 Å². The van der Waals surface area contributed by atoms with Gasteiger partial charge in [0.2, 0.25) is 0 Å². The van der Waals surface area contributed by atoms with Crippen LogP contribution in [0.3, 0.4) is 0 Å². The standard InChI is InChI=1S/C22H26N4O/c1-16-6-4-8-20(18(16)3)25-12-10-24(11-13-25)15-19-14-22(27)26-17(2)7-5-9-21(26)23-19/h4-9,14H,10-13,15H2,1-3H3/p+1. The summed E-state index contributed by atoms with van der Waals surface area (Å²) in [5.74, 6) is 0. The van der Waals surface area contributed by atoms with E-state index in [0.29, 0.717) is 0 Å². The minimum Gasteiger partial charge on any atom is -0.360 e. The van der Waals surface area contributed by atoms with Gasteiger partial charge in [-0.05, 0) is 50.1 Å². The number of hydrogen-bond acceptors (Lipinski definition) is 3. The van der Waals surface area contributed by atoms with Crippen molar-refractivity contribution in [1.29, 1.82) is 0 Å². The zero-order chi connectivity index (χ0) is 19.0. The molecule has 5 nitrogen and oxygen atoms in total. The Balaban J connectivity index is 1.47. The highest BCUT2D eigenvalue weighted by Crippen LogP contribution is 2.22. The number of quaternary nitrogens is 1. The molecule has 1 N–H and O–H groups in total. The Morgan fingerprint density at radius 1 is 1.04 bits per heavy atom. The predicted molar refractivity (Wildman–Crippen MR) is 109 cm³/mol. The third-order valence-corrected chi connectivity index (χ3v) is 5.75. The molecule has 3 heterocycles. The molecule has 3 aromatic rings. The van der Waals surface area contributed by atoms with Gasteiger partial charge in [-0.25, -0.2) is 4.98 Å². The maximum atomic E-state index is 12.5. The first-order valence-corrected chi connectivity index (χ1v) is 9.66. The molecule has 0 aliphatic carbocycles. The van der Waals surface area contributed by atoms with Crippen molar-refractivity contribution in [3.63, 3.8) is 0 Å². The van der Waals surface area contributed by atoms with E-state index in [0.717, 1.165) is 49.8 Å². The number of nitrogens with one attached hydrogen (secondary N) is 1. The number of anilines is 1. The Morgan fingerprint density at radius 2 is 1.78 bits per heavy atom. The summed E-state index contributed by atoms with van der Waals surface area (Å²) in [7, 11) is 0. The summed E-state index contributed by atoms with van der Waals surface area (Å²) in [5, 5.41) is 0. The molecule has 1 saturated heterocycles. The van der Waals surface area contributed by atoms with Crippen molar-refractivity contribution in [3.05, 3.63) is 75.3 Å². The maximum absolute atomic E-state index is 12.5. The largest absolute Gasteiger partial charge is 0.360 e. The summed E-state index contributed by atoms with van der Waals surface area (Å²) >= 11 is 0. The van der Waals surface area contributed by atoms with Crippen molar-refractivity contribution in [2.24, 2.45) is 0 Å². The molecule has 2 aromatic heterocycles. The summed E-state index contributed by atoms with van der Waals surface area (Å²) in [4.78, 5) is 21.2. The number of aryl methyl sites for hydroxylation is 2. The van der Waals surface area contributed by atoms with E-state index in [1.165, 1.54) is 21.7 Å². The molecule has 0 amide bonds. The summed E-state index contributed by atoms with van der Waals surface area (Å²) in [5.41, 5.74) is 6.64. The van der Waals surface area contributed by atoms with Crippen LogP contribution in [0.5, 0.6) is 0 Å². The molecule has 1 aromatic carbocycles. The van der Waals surface area contributed by atoms with Gasteiger partial charge in [-0.1, -0.05) is 18.2 Å². The fraction of sp³-hybridized carbons (Fsp3) is 0.364. The Hall–Kier alpha value is -2.66. The van der Waals surface area contributed by atoms with E-state index < -0.39 is 0 Å². The van der Waals surface area contributed by atoms with E-state index in [1.807, 2.05) is 25.1 Å². The lowest BCUT2D eigenvalue weighted by Gasteiger charge is -2.34. The number of rotatable bonds is 3. The van der Waals surface area contributed by atoms with Crippen LogP contribution in [0.25, 0.3) is 5.65 Å². The fourth-order valence-electron chi connectivity index (χ4n) is 4.03. The van der Waals surface area contributed by atoms with Crippen molar-refractivity contribution in [1.82, 2.24) is 9.38 Å². The van der Waals surface area contributed by atoms with Gasteiger partial charge in [0.1, 0.15) is 17.9 Å². The minimum atomic E-state index is 0.0153. The van der Waals surface area contributed by atoms with Crippen LogP contribution in [0.15, 0.2) is 47.3 Å². The number of nitrogens with zero attached hydrogens (tertiary/aromatic N) is 3. The molecule has 0 saturated carbocycles. The number of benzene rings is 1. The van der Waals surface area contributed by atoms with E-state index in [1.54, 1.807) is 10.5 Å². The lowest BCUT2D eigenvalue weighted by Crippen LogP contribution is -3.13. The highest BCUT2D eigenvalue weighted by molar-refractivity contribution is 5.56. The molecule has 0 spiro atoms. The van der Waals surface area contributed by atoms with Gasteiger partial charge < -0.3 is 9.80 Å². The number of aromatic nitrogens is 2. The summed E-state index contributed by atoms with van der Waals surface area (Å²) in [6.45, 7) is 11.3. The van der Waals surface area contributed by atoms with Crippen molar-refractivity contribution >= 4 is 11.3 Å². The molecule has 1 fully saturated rings. The van der Waals surface area contributed by atoms with E-state index in [9.17, 15) is 4.79 Å². The zero-order valence-corrected chi connectivity index (χ0v) is 16.3. The molecule has 0 unspecified atom stereocenters. The number of piperazine rings is 1. The topological polar surface area (TPSA) is 42.0 Å². The van der Waals surface area contributed by atoms with Crippen LogP contribution in [0.1, 0.15) is 22.5 Å². The first kappa shape index (κ1) is 17.7. The number of fused-ring (bicyclic) bond motifs is 1. The Kier molecular flexibility index (Phi) is 4.70. The molecule has 0 atom stereocenters. The predicted octanol–water partition coefficient (Wildman–Crippen LogP) is 1.52. The van der Waals surface area contributed by atoms with Crippen molar-refractivity contribution in [2.75, 3.05) is 31.1 Å². The lowest BCUT2D eigenvalue weighted by atomic mass is 10.1. The highest BCUT2D eigenvalue weighted by Gasteiger charge is 2.22. The quantitative estimate of drug-likeness (QED) is 0.767. The summed E-state index contributed by atoms with van der Waals surface area (Å²) in [6.07, 6.45) is 0. The van der Waals surface area contributed by atoms with Crippen LogP contribution in [0, 0.1) is 20.8 Å². The molecular formula is C22H27N4O+. The van der Waals surface area contributed by atoms with E-state index in [-0.39, 0.29) is 5.56 Å². The van der Waals surface area contributed by atoms with E-state index in [4.69, 9.17) is 4.98 Å². The second kappa shape index (κ2) is 7.16. The minimum absolute atomic E-state index is 0.0153. The van der Waals surface area contributed by atoms with Crippen molar-refractivity contribution in [2.45, 2.75) is 27.3 Å². The molecule has 1 aliphatic rings. The summed E-state index contributed by atoms with van der Waals surface area (Å²) < 4.78 is 1.68. The van der Waals surface area contributed by atoms with Crippen molar-refractivity contribution in [3.8, 4) is 0 Å². The molecule has 4 rings (SSSR count). The Labute approximate surface area is 159 Å².